The highest BCUT2D eigenvalue weighted by atomic mass is 16.3. The van der Waals surface area contributed by atoms with Crippen LogP contribution >= 0.6 is 0 Å². The average molecular weight is 251 g/mol. The van der Waals surface area contributed by atoms with Crippen LogP contribution in [0.3, 0.4) is 0 Å². The molecule has 1 aromatic rings. The maximum atomic E-state index is 10.7. The molecular weight excluding hydrogens is 234 g/mol. The summed E-state index contributed by atoms with van der Waals surface area (Å²) in [5.41, 5.74) is 1.61. The van der Waals surface area contributed by atoms with Crippen molar-refractivity contribution in [3.63, 3.8) is 0 Å². The number of aliphatic hydroxyl groups is 2. The number of fused-ring (bicyclic) bond motifs is 1. The fourth-order valence-electron chi connectivity index (χ4n) is 1.94. The normalized spacial score (nSPS) is 16.6. The van der Waals surface area contributed by atoms with E-state index >= 15 is 0 Å². The van der Waals surface area contributed by atoms with Gasteiger partial charge in [0.25, 0.3) is 0 Å². The highest BCUT2D eigenvalue weighted by molar-refractivity contribution is 5.72. The van der Waals surface area contributed by atoms with Gasteiger partial charge < -0.3 is 20.8 Å². The van der Waals surface area contributed by atoms with Crippen molar-refractivity contribution in [2.24, 2.45) is 0 Å². The van der Waals surface area contributed by atoms with Crippen LogP contribution in [0.4, 0.5) is 5.82 Å². The molecule has 0 radical (unpaired) electrons. The summed E-state index contributed by atoms with van der Waals surface area (Å²) in [6.07, 6.45) is 0.321. The van der Waals surface area contributed by atoms with Gasteiger partial charge in [0.2, 0.25) is 5.91 Å². The Labute approximate surface area is 105 Å². The first-order valence-corrected chi connectivity index (χ1v) is 5.91. The van der Waals surface area contributed by atoms with Crippen LogP contribution in [0.5, 0.6) is 0 Å². The summed E-state index contributed by atoms with van der Waals surface area (Å²) in [6.45, 7) is 2.23. The third-order valence-corrected chi connectivity index (χ3v) is 2.94. The van der Waals surface area contributed by atoms with Gasteiger partial charge >= 0.3 is 0 Å². The molecule has 6 heteroatoms. The Balaban J connectivity index is 2.04. The molecule has 0 saturated heterocycles. The average Bonchev–Trinajstić information content (AvgIpc) is 2.81. The second kappa shape index (κ2) is 5.32. The molecule has 0 spiro atoms. The first-order valence-electron chi connectivity index (χ1n) is 5.91. The van der Waals surface area contributed by atoms with Crippen LogP contribution in [0.15, 0.2) is 12.3 Å². The first kappa shape index (κ1) is 12.8. The molecule has 2 heterocycles. The number of nitrogens with zero attached hydrogens (tertiary/aromatic N) is 1. The second-order valence-corrected chi connectivity index (χ2v) is 4.40. The Bertz CT molecular complexity index is 450. The standard InChI is InChI=1S/C12H17N3O3/c1-7(16)14-6-10(17)11(18)9-4-8-2-3-13-12(8)15-5-9/h4-5,10-11,17-18H,2-3,6H2,1H3,(H,13,15)(H,14,16). The number of hydrogen-bond acceptors (Lipinski definition) is 5. The van der Waals surface area contributed by atoms with Gasteiger partial charge in [0.1, 0.15) is 18.0 Å². The lowest BCUT2D eigenvalue weighted by Crippen LogP contribution is -2.34. The number of carbonyl (C=O) groups is 1. The molecule has 2 atom stereocenters. The van der Waals surface area contributed by atoms with Crippen molar-refractivity contribution in [3.8, 4) is 0 Å². The van der Waals surface area contributed by atoms with E-state index in [1.54, 1.807) is 6.20 Å². The fraction of sp³-hybridized carbons (Fsp3) is 0.500. The number of anilines is 1. The molecule has 4 N–H and O–H groups in total. The third kappa shape index (κ3) is 2.77. The minimum atomic E-state index is -1.05. The summed E-state index contributed by atoms with van der Waals surface area (Å²) in [4.78, 5) is 14.9. The van der Waals surface area contributed by atoms with Crippen LogP contribution in [0.2, 0.25) is 0 Å². The molecule has 0 saturated carbocycles. The second-order valence-electron chi connectivity index (χ2n) is 4.40. The van der Waals surface area contributed by atoms with Gasteiger partial charge in [-0.1, -0.05) is 0 Å². The Morgan fingerprint density at radius 3 is 3.11 bits per heavy atom. The molecular formula is C12H17N3O3. The molecule has 18 heavy (non-hydrogen) atoms. The molecule has 0 aromatic carbocycles. The van der Waals surface area contributed by atoms with Crippen molar-refractivity contribution < 1.29 is 15.0 Å². The maximum Gasteiger partial charge on any atom is 0.216 e. The summed E-state index contributed by atoms with van der Waals surface area (Å²) in [6, 6.07) is 1.84. The fourth-order valence-corrected chi connectivity index (χ4v) is 1.94. The Kier molecular flexibility index (Phi) is 3.78. The Morgan fingerprint density at radius 2 is 2.39 bits per heavy atom. The van der Waals surface area contributed by atoms with Gasteiger partial charge in [-0.15, -0.1) is 0 Å². The number of nitrogens with one attached hydrogen (secondary N) is 2. The van der Waals surface area contributed by atoms with Crippen molar-refractivity contribution in [2.45, 2.75) is 25.6 Å². The zero-order valence-corrected chi connectivity index (χ0v) is 10.2. The smallest absolute Gasteiger partial charge is 0.216 e. The zero-order chi connectivity index (χ0) is 13.1. The van der Waals surface area contributed by atoms with Gasteiger partial charge in [-0.2, -0.15) is 0 Å². The number of hydrogen-bond donors (Lipinski definition) is 4. The number of carbonyl (C=O) groups excluding carboxylic acids is 1. The molecule has 98 valence electrons. The van der Waals surface area contributed by atoms with Gasteiger partial charge in [0.05, 0.1) is 0 Å². The highest BCUT2D eigenvalue weighted by Crippen LogP contribution is 2.24. The van der Waals surface area contributed by atoms with E-state index in [1.807, 2.05) is 6.07 Å². The summed E-state index contributed by atoms with van der Waals surface area (Å²) in [5.74, 6) is 0.597. The molecule has 2 rings (SSSR count). The quantitative estimate of drug-likeness (QED) is 0.583. The van der Waals surface area contributed by atoms with Gasteiger partial charge in [-0.3, -0.25) is 4.79 Å². The number of pyridine rings is 1. The van der Waals surface area contributed by atoms with Crippen LogP contribution in [0.25, 0.3) is 0 Å². The minimum Gasteiger partial charge on any atom is -0.388 e. The van der Waals surface area contributed by atoms with Gasteiger partial charge in [-0.05, 0) is 18.1 Å². The van der Waals surface area contributed by atoms with Crippen LogP contribution < -0.4 is 10.6 Å². The van der Waals surface area contributed by atoms with E-state index in [2.05, 4.69) is 15.6 Å². The van der Waals surface area contributed by atoms with Crippen LogP contribution in [0, 0.1) is 0 Å². The predicted octanol–water partition coefficient (Wildman–Crippen LogP) is -0.420. The largest absolute Gasteiger partial charge is 0.388 e. The number of aliphatic hydroxyl groups excluding tert-OH is 2. The maximum absolute atomic E-state index is 10.7. The molecule has 0 aliphatic carbocycles. The third-order valence-electron chi connectivity index (χ3n) is 2.94. The van der Waals surface area contributed by atoms with E-state index in [0.29, 0.717) is 5.56 Å². The topological polar surface area (TPSA) is 94.5 Å². The Morgan fingerprint density at radius 1 is 1.61 bits per heavy atom. The van der Waals surface area contributed by atoms with E-state index in [0.717, 1.165) is 24.3 Å². The van der Waals surface area contributed by atoms with Crippen molar-refractivity contribution >= 4 is 11.7 Å². The molecule has 6 nitrogen and oxygen atoms in total. The molecule has 0 fully saturated rings. The summed E-state index contributed by atoms with van der Waals surface area (Å²) in [5, 5.41) is 25.3. The van der Waals surface area contributed by atoms with Gasteiger partial charge in [-0.25, -0.2) is 4.98 Å². The SMILES string of the molecule is CC(=O)NCC(O)C(O)c1cnc2c(c1)CCN2. The van der Waals surface area contributed by atoms with Crippen molar-refractivity contribution in [1.82, 2.24) is 10.3 Å². The van der Waals surface area contributed by atoms with Crippen LogP contribution in [-0.2, 0) is 11.2 Å². The lowest BCUT2D eigenvalue weighted by molar-refractivity contribution is -0.119. The predicted molar refractivity (Wildman–Crippen MR) is 66.1 cm³/mol. The summed E-state index contributed by atoms with van der Waals surface area (Å²) >= 11 is 0. The van der Waals surface area contributed by atoms with Crippen molar-refractivity contribution in [1.29, 1.82) is 0 Å². The minimum absolute atomic E-state index is 0.0197. The van der Waals surface area contributed by atoms with Gasteiger partial charge in [0.15, 0.2) is 0 Å². The number of amides is 1. The van der Waals surface area contributed by atoms with Crippen molar-refractivity contribution in [2.75, 3.05) is 18.4 Å². The van der Waals surface area contributed by atoms with E-state index in [9.17, 15) is 15.0 Å². The number of aromatic nitrogens is 1. The first-order chi connectivity index (χ1) is 8.58. The molecule has 1 aromatic heterocycles. The monoisotopic (exact) mass is 251 g/mol. The van der Waals surface area contributed by atoms with Gasteiger partial charge in [0, 0.05) is 31.8 Å². The molecule has 1 aliphatic rings. The van der Waals surface area contributed by atoms with E-state index in [-0.39, 0.29) is 12.5 Å². The molecule has 0 bridgehead atoms. The van der Waals surface area contributed by atoms with Crippen LogP contribution in [-0.4, -0.2) is 40.3 Å². The molecule has 1 amide bonds. The highest BCUT2D eigenvalue weighted by Gasteiger charge is 2.21. The van der Waals surface area contributed by atoms with E-state index in [1.165, 1.54) is 6.92 Å². The van der Waals surface area contributed by atoms with E-state index in [4.69, 9.17) is 0 Å². The molecule has 1 aliphatic heterocycles. The molecule has 2 unspecified atom stereocenters. The van der Waals surface area contributed by atoms with E-state index < -0.39 is 12.2 Å². The lowest BCUT2D eigenvalue weighted by Gasteiger charge is -2.18. The lowest BCUT2D eigenvalue weighted by atomic mass is 10.0. The van der Waals surface area contributed by atoms with Crippen LogP contribution in [0.1, 0.15) is 24.2 Å². The van der Waals surface area contributed by atoms with Crippen molar-refractivity contribution in [3.05, 3.63) is 23.4 Å². The summed E-state index contributed by atoms with van der Waals surface area (Å²) in [7, 11) is 0. The number of rotatable bonds is 4. The zero-order valence-electron chi connectivity index (χ0n) is 10.2. The Hall–Kier alpha value is -1.66. The summed E-state index contributed by atoms with van der Waals surface area (Å²) < 4.78 is 0.